The number of benzene rings is 1. The third-order valence-electron chi connectivity index (χ3n) is 2.97. The normalized spacial score (nSPS) is 10.7. The number of likely N-dealkylation sites (N-methyl/N-ethyl adjacent to an activating group) is 1. The van der Waals surface area contributed by atoms with Crippen LogP contribution >= 0.6 is 0 Å². The van der Waals surface area contributed by atoms with E-state index in [1.807, 2.05) is 56.1 Å². The summed E-state index contributed by atoms with van der Waals surface area (Å²) in [5.41, 5.74) is 7.49. The molecule has 0 bridgehead atoms. The second kappa shape index (κ2) is 7.04. The standard InChI is InChI=1S/C16H22N4O/c1-12(2)21-14-6-4-13(5-7-14)15-8-10-18-16(19-15)20(3)11-9-17/h4-8,10,12H,9,11,17H2,1-3H3. The van der Waals surface area contributed by atoms with Gasteiger partial charge in [-0.1, -0.05) is 0 Å². The van der Waals surface area contributed by atoms with E-state index in [1.165, 1.54) is 0 Å². The quantitative estimate of drug-likeness (QED) is 0.883. The highest BCUT2D eigenvalue weighted by Crippen LogP contribution is 2.22. The van der Waals surface area contributed by atoms with E-state index in [-0.39, 0.29) is 6.10 Å². The van der Waals surface area contributed by atoms with Gasteiger partial charge in [-0.15, -0.1) is 0 Å². The fourth-order valence-electron chi connectivity index (χ4n) is 1.96. The summed E-state index contributed by atoms with van der Waals surface area (Å²) < 4.78 is 5.64. The lowest BCUT2D eigenvalue weighted by Gasteiger charge is -2.16. The van der Waals surface area contributed by atoms with Crippen LogP contribution in [0.25, 0.3) is 11.3 Å². The predicted octanol–water partition coefficient (Wildman–Crippen LogP) is 2.33. The number of hydrogen-bond acceptors (Lipinski definition) is 5. The van der Waals surface area contributed by atoms with Gasteiger partial charge in [0.15, 0.2) is 0 Å². The van der Waals surface area contributed by atoms with Crippen LogP contribution in [0.1, 0.15) is 13.8 Å². The van der Waals surface area contributed by atoms with Crippen LogP contribution < -0.4 is 15.4 Å². The molecule has 2 aromatic rings. The highest BCUT2D eigenvalue weighted by molar-refractivity contribution is 5.61. The zero-order chi connectivity index (χ0) is 15.2. The van der Waals surface area contributed by atoms with E-state index in [0.29, 0.717) is 12.5 Å². The van der Waals surface area contributed by atoms with Gasteiger partial charge in [0.1, 0.15) is 5.75 Å². The van der Waals surface area contributed by atoms with Crippen molar-refractivity contribution < 1.29 is 4.74 Å². The van der Waals surface area contributed by atoms with Gasteiger partial charge in [0.25, 0.3) is 0 Å². The van der Waals surface area contributed by atoms with E-state index in [0.717, 1.165) is 23.6 Å². The average molecular weight is 286 g/mol. The minimum absolute atomic E-state index is 0.173. The molecule has 1 aromatic carbocycles. The number of nitrogens with zero attached hydrogens (tertiary/aromatic N) is 3. The van der Waals surface area contributed by atoms with Crippen molar-refractivity contribution in [2.24, 2.45) is 5.73 Å². The van der Waals surface area contributed by atoms with Crippen molar-refractivity contribution in [3.05, 3.63) is 36.5 Å². The molecule has 2 rings (SSSR count). The maximum Gasteiger partial charge on any atom is 0.225 e. The molecule has 2 N–H and O–H groups in total. The molecule has 0 atom stereocenters. The van der Waals surface area contributed by atoms with Gasteiger partial charge in [-0.25, -0.2) is 9.97 Å². The molecule has 0 fully saturated rings. The largest absolute Gasteiger partial charge is 0.491 e. The van der Waals surface area contributed by atoms with Gasteiger partial charge >= 0.3 is 0 Å². The van der Waals surface area contributed by atoms with Crippen molar-refractivity contribution in [1.82, 2.24) is 9.97 Å². The topological polar surface area (TPSA) is 64.3 Å². The molecule has 5 nitrogen and oxygen atoms in total. The number of rotatable bonds is 6. The lowest BCUT2D eigenvalue weighted by molar-refractivity contribution is 0.242. The molecular weight excluding hydrogens is 264 g/mol. The summed E-state index contributed by atoms with van der Waals surface area (Å²) in [6.45, 7) is 5.33. The molecule has 21 heavy (non-hydrogen) atoms. The number of aromatic nitrogens is 2. The van der Waals surface area contributed by atoms with Gasteiger partial charge in [0, 0.05) is 31.9 Å². The Morgan fingerprint density at radius 2 is 1.90 bits per heavy atom. The number of ether oxygens (including phenoxy) is 1. The molecule has 5 heteroatoms. The summed E-state index contributed by atoms with van der Waals surface area (Å²) in [6.07, 6.45) is 1.94. The van der Waals surface area contributed by atoms with Gasteiger partial charge in [0.2, 0.25) is 5.95 Å². The number of anilines is 1. The van der Waals surface area contributed by atoms with Crippen molar-refractivity contribution in [3.8, 4) is 17.0 Å². The summed E-state index contributed by atoms with van der Waals surface area (Å²) in [5, 5.41) is 0. The first kappa shape index (κ1) is 15.3. The lowest BCUT2D eigenvalue weighted by atomic mass is 10.1. The van der Waals surface area contributed by atoms with Gasteiger partial charge in [-0.05, 0) is 44.2 Å². The summed E-state index contributed by atoms with van der Waals surface area (Å²) in [5.74, 6) is 1.55. The van der Waals surface area contributed by atoms with Gasteiger partial charge in [0.05, 0.1) is 11.8 Å². The predicted molar refractivity (Wildman–Crippen MR) is 85.6 cm³/mol. The molecule has 1 aromatic heterocycles. The van der Waals surface area contributed by atoms with Crippen molar-refractivity contribution >= 4 is 5.95 Å². The molecular formula is C16H22N4O. The molecule has 0 unspecified atom stereocenters. The van der Waals surface area contributed by atoms with Crippen LogP contribution in [-0.2, 0) is 0 Å². The van der Waals surface area contributed by atoms with Crippen molar-refractivity contribution in [3.63, 3.8) is 0 Å². The van der Waals surface area contributed by atoms with Gasteiger partial charge < -0.3 is 15.4 Å². The van der Waals surface area contributed by atoms with E-state index in [1.54, 1.807) is 6.20 Å². The SMILES string of the molecule is CC(C)Oc1ccc(-c2ccnc(N(C)CCN)n2)cc1. The monoisotopic (exact) mass is 286 g/mol. The van der Waals surface area contributed by atoms with Crippen LogP contribution in [-0.4, -0.2) is 36.2 Å². The molecule has 112 valence electrons. The Morgan fingerprint density at radius 3 is 2.52 bits per heavy atom. The van der Waals surface area contributed by atoms with Crippen LogP contribution in [0.4, 0.5) is 5.95 Å². The molecule has 0 saturated heterocycles. The zero-order valence-corrected chi connectivity index (χ0v) is 12.8. The molecule has 0 saturated carbocycles. The minimum atomic E-state index is 0.173. The third-order valence-corrected chi connectivity index (χ3v) is 2.97. The Hall–Kier alpha value is -2.14. The molecule has 0 amide bonds. The second-order valence-corrected chi connectivity index (χ2v) is 5.14. The highest BCUT2D eigenvalue weighted by Gasteiger charge is 2.06. The van der Waals surface area contributed by atoms with Gasteiger partial charge in [-0.3, -0.25) is 0 Å². The second-order valence-electron chi connectivity index (χ2n) is 5.14. The molecule has 0 aliphatic heterocycles. The fraction of sp³-hybridized carbons (Fsp3) is 0.375. The number of nitrogens with two attached hydrogens (primary N) is 1. The summed E-state index contributed by atoms with van der Waals surface area (Å²) >= 11 is 0. The van der Waals surface area contributed by atoms with Crippen LogP contribution in [0.5, 0.6) is 5.75 Å². The van der Waals surface area contributed by atoms with E-state index < -0.39 is 0 Å². The molecule has 0 spiro atoms. The first-order chi connectivity index (χ1) is 10.1. The Kier molecular flexibility index (Phi) is 5.11. The fourth-order valence-corrected chi connectivity index (χ4v) is 1.96. The van der Waals surface area contributed by atoms with Crippen molar-refractivity contribution in [1.29, 1.82) is 0 Å². The zero-order valence-electron chi connectivity index (χ0n) is 12.8. The van der Waals surface area contributed by atoms with Gasteiger partial charge in [-0.2, -0.15) is 0 Å². The van der Waals surface area contributed by atoms with Crippen LogP contribution in [0.15, 0.2) is 36.5 Å². The highest BCUT2D eigenvalue weighted by atomic mass is 16.5. The smallest absolute Gasteiger partial charge is 0.225 e. The molecule has 0 aliphatic rings. The lowest BCUT2D eigenvalue weighted by Crippen LogP contribution is -2.26. The Balaban J connectivity index is 2.19. The molecule has 1 heterocycles. The molecule has 0 radical (unpaired) electrons. The summed E-state index contributed by atoms with van der Waals surface area (Å²) in [4.78, 5) is 10.8. The number of hydrogen-bond donors (Lipinski definition) is 1. The maximum absolute atomic E-state index is 5.64. The van der Waals surface area contributed by atoms with Crippen LogP contribution in [0.3, 0.4) is 0 Å². The van der Waals surface area contributed by atoms with E-state index >= 15 is 0 Å². The Morgan fingerprint density at radius 1 is 1.19 bits per heavy atom. The van der Waals surface area contributed by atoms with E-state index in [4.69, 9.17) is 10.5 Å². The Labute approximate surface area is 125 Å². The van der Waals surface area contributed by atoms with Crippen LogP contribution in [0, 0.1) is 0 Å². The first-order valence-electron chi connectivity index (χ1n) is 7.11. The van der Waals surface area contributed by atoms with Crippen molar-refractivity contribution in [2.45, 2.75) is 20.0 Å². The maximum atomic E-state index is 5.64. The van der Waals surface area contributed by atoms with E-state index in [9.17, 15) is 0 Å². The minimum Gasteiger partial charge on any atom is -0.491 e. The van der Waals surface area contributed by atoms with E-state index in [2.05, 4.69) is 9.97 Å². The van der Waals surface area contributed by atoms with Crippen LogP contribution in [0.2, 0.25) is 0 Å². The summed E-state index contributed by atoms with van der Waals surface area (Å²) in [6, 6.07) is 9.83. The summed E-state index contributed by atoms with van der Waals surface area (Å²) in [7, 11) is 1.94. The third kappa shape index (κ3) is 4.16. The molecule has 0 aliphatic carbocycles. The van der Waals surface area contributed by atoms with Crippen molar-refractivity contribution in [2.75, 3.05) is 25.0 Å². The Bertz CT molecular complexity index is 569. The first-order valence-corrected chi connectivity index (χ1v) is 7.11. The average Bonchev–Trinajstić information content (AvgIpc) is 2.48.